The maximum absolute atomic E-state index is 11.7. The van der Waals surface area contributed by atoms with E-state index in [1.807, 2.05) is 6.07 Å². The molecule has 0 saturated heterocycles. The van der Waals surface area contributed by atoms with Crippen molar-refractivity contribution in [2.45, 2.75) is 37.5 Å². The van der Waals surface area contributed by atoms with Gasteiger partial charge in [0.15, 0.2) is 0 Å². The van der Waals surface area contributed by atoms with Crippen molar-refractivity contribution in [2.75, 3.05) is 19.7 Å². The molecule has 1 aliphatic rings. The van der Waals surface area contributed by atoms with Gasteiger partial charge in [0.05, 0.1) is 0 Å². The highest BCUT2D eigenvalue weighted by Crippen LogP contribution is 2.40. The maximum atomic E-state index is 11.7. The van der Waals surface area contributed by atoms with Crippen LogP contribution in [0, 0.1) is 0 Å². The molecule has 0 heterocycles. The predicted octanol–water partition coefficient (Wildman–Crippen LogP) is 2.18. The summed E-state index contributed by atoms with van der Waals surface area (Å²) >= 11 is 0. The van der Waals surface area contributed by atoms with Gasteiger partial charge < -0.3 is 15.7 Å². The quantitative estimate of drug-likeness (QED) is 0.697. The lowest BCUT2D eigenvalue weighted by atomic mass is 9.79. The lowest BCUT2D eigenvalue weighted by molar-refractivity contribution is 0.234. The Bertz CT molecular complexity index is 414. The average Bonchev–Trinajstić information content (AvgIpc) is 2.97. The predicted molar refractivity (Wildman–Crippen MR) is 79.7 cm³/mol. The minimum absolute atomic E-state index is 0.0928. The summed E-state index contributed by atoms with van der Waals surface area (Å²) in [5.74, 6) is 0. The van der Waals surface area contributed by atoms with Crippen LogP contribution in [-0.2, 0) is 5.41 Å². The summed E-state index contributed by atoms with van der Waals surface area (Å²) in [5, 5.41) is 14.5. The Hall–Kier alpha value is -1.55. The highest BCUT2D eigenvalue weighted by atomic mass is 16.3. The van der Waals surface area contributed by atoms with Gasteiger partial charge in [-0.2, -0.15) is 0 Å². The van der Waals surface area contributed by atoms with E-state index in [4.69, 9.17) is 5.11 Å². The smallest absolute Gasteiger partial charge is 0.314 e. The number of hydrogen-bond acceptors (Lipinski definition) is 2. The van der Waals surface area contributed by atoms with Gasteiger partial charge in [0, 0.05) is 25.1 Å². The first-order valence-electron chi connectivity index (χ1n) is 7.45. The molecule has 3 N–H and O–H groups in total. The highest BCUT2D eigenvalue weighted by molar-refractivity contribution is 5.73. The van der Waals surface area contributed by atoms with Gasteiger partial charge in [0.25, 0.3) is 0 Å². The van der Waals surface area contributed by atoms with E-state index in [0.717, 1.165) is 12.8 Å². The molecule has 1 aromatic carbocycles. The molecule has 1 fully saturated rings. The second-order valence-corrected chi connectivity index (χ2v) is 5.54. The Morgan fingerprint density at radius 2 is 1.85 bits per heavy atom. The summed E-state index contributed by atoms with van der Waals surface area (Å²) in [5.41, 5.74) is 1.42. The Labute approximate surface area is 120 Å². The van der Waals surface area contributed by atoms with Crippen molar-refractivity contribution in [3.63, 3.8) is 0 Å². The Kier molecular flexibility index (Phi) is 5.41. The third kappa shape index (κ3) is 3.73. The first kappa shape index (κ1) is 14.9. The summed E-state index contributed by atoms with van der Waals surface area (Å²) in [4.78, 5) is 11.7. The van der Waals surface area contributed by atoms with Crippen LogP contribution in [0.25, 0.3) is 0 Å². The van der Waals surface area contributed by atoms with Gasteiger partial charge in [-0.15, -0.1) is 0 Å². The second kappa shape index (κ2) is 7.29. The minimum atomic E-state index is -0.138. The number of aliphatic hydroxyl groups is 1. The molecule has 0 unspecified atom stereocenters. The number of amides is 2. The van der Waals surface area contributed by atoms with Gasteiger partial charge in [-0.1, -0.05) is 43.2 Å². The molecule has 0 atom stereocenters. The van der Waals surface area contributed by atoms with Crippen molar-refractivity contribution in [3.8, 4) is 0 Å². The molecule has 4 nitrogen and oxygen atoms in total. The standard InChI is InChI=1S/C16H24N2O2/c19-12-6-11-17-15(20)18-13-16(9-4-5-10-16)14-7-2-1-3-8-14/h1-3,7-8,19H,4-6,9-13H2,(H2,17,18,20). The van der Waals surface area contributed by atoms with Crippen molar-refractivity contribution in [1.82, 2.24) is 10.6 Å². The number of carbonyl (C=O) groups excluding carboxylic acids is 1. The molecule has 0 bridgehead atoms. The summed E-state index contributed by atoms with van der Waals surface area (Å²) in [7, 11) is 0. The topological polar surface area (TPSA) is 61.4 Å². The van der Waals surface area contributed by atoms with E-state index in [1.165, 1.54) is 18.4 Å². The molecule has 0 aromatic heterocycles. The number of carbonyl (C=O) groups is 1. The van der Waals surface area contributed by atoms with Gasteiger partial charge in [0.2, 0.25) is 0 Å². The largest absolute Gasteiger partial charge is 0.396 e. The number of nitrogens with one attached hydrogen (secondary N) is 2. The fourth-order valence-corrected chi connectivity index (χ4v) is 3.00. The zero-order valence-electron chi connectivity index (χ0n) is 11.9. The van der Waals surface area contributed by atoms with Crippen LogP contribution in [0.4, 0.5) is 4.79 Å². The molecular weight excluding hydrogens is 252 g/mol. The molecule has 1 saturated carbocycles. The van der Waals surface area contributed by atoms with Crippen LogP contribution in [0.5, 0.6) is 0 Å². The van der Waals surface area contributed by atoms with Gasteiger partial charge >= 0.3 is 6.03 Å². The zero-order chi connectivity index (χ0) is 14.3. The number of urea groups is 1. The van der Waals surface area contributed by atoms with Crippen LogP contribution < -0.4 is 10.6 Å². The van der Waals surface area contributed by atoms with Crippen LogP contribution in [0.3, 0.4) is 0 Å². The van der Waals surface area contributed by atoms with Gasteiger partial charge in [-0.3, -0.25) is 0 Å². The monoisotopic (exact) mass is 276 g/mol. The average molecular weight is 276 g/mol. The van der Waals surface area contributed by atoms with Crippen LogP contribution >= 0.6 is 0 Å². The second-order valence-electron chi connectivity index (χ2n) is 5.54. The zero-order valence-corrected chi connectivity index (χ0v) is 11.9. The third-order valence-corrected chi connectivity index (χ3v) is 4.15. The Balaban J connectivity index is 1.92. The van der Waals surface area contributed by atoms with E-state index in [9.17, 15) is 4.79 Å². The molecule has 110 valence electrons. The number of rotatable bonds is 6. The lowest BCUT2D eigenvalue weighted by Gasteiger charge is -2.30. The van der Waals surface area contributed by atoms with Crippen LogP contribution in [0.15, 0.2) is 30.3 Å². The molecule has 0 aliphatic heterocycles. The van der Waals surface area contributed by atoms with Gasteiger partial charge in [0.1, 0.15) is 0 Å². The molecule has 2 amide bonds. The molecular formula is C16H24N2O2. The molecule has 0 spiro atoms. The summed E-state index contributed by atoms with van der Waals surface area (Å²) in [6.07, 6.45) is 5.31. The number of benzene rings is 1. The van der Waals surface area contributed by atoms with Gasteiger partial charge in [-0.25, -0.2) is 4.79 Å². The molecule has 20 heavy (non-hydrogen) atoms. The van der Waals surface area contributed by atoms with Crippen LogP contribution in [0.1, 0.15) is 37.7 Å². The van der Waals surface area contributed by atoms with Crippen LogP contribution in [-0.4, -0.2) is 30.8 Å². The number of hydrogen-bond donors (Lipinski definition) is 3. The minimum Gasteiger partial charge on any atom is -0.396 e. The molecule has 2 rings (SSSR count). The van der Waals surface area contributed by atoms with Crippen molar-refractivity contribution >= 4 is 6.03 Å². The van der Waals surface area contributed by atoms with E-state index in [2.05, 4.69) is 34.9 Å². The molecule has 1 aliphatic carbocycles. The van der Waals surface area contributed by atoms with E-state index >= 15 is 0 Å². The first-order valence-corrected chi connectivity index (χ1v) is 7.45. The van der Waals surface area contributed by atoms with Crippen LogP contribution in [0.2, 0.25) is 0 Å². The summed E-state index contributed by atoms with van der Waals surface area (Å²) < 4.78 is 0. The summed E-state index contributed by atoms with van der Waals surface area (Å²) in [6, 6.07) is 10.3. The van der Waals surface area contributed by atoms with Gasteiger partial charge in [-0.05, 0) is 24.8 Å². The molecule has 0 radical (unpaired) electrons. The fraction of sp³-hybridized carbons (Fsp3) is 0.562. The van der Waals surface area contributed by atoms with Crippen molar-refractivity contribution in [1.29, 1.82) is 0 Å². The highest BCUT2D eigenvalue weighted by Gasteiger charge is 2.35. The SMILES string of the molecule is O=C(NCCCO)NCC1(c2ccccc2)CCCC1. The summed E-state index contributed by atoms with van der Waals surface area (Å²) in [6.45, 7) is 1.30. The lowest BCUT2D eigenvalue weighted by Crippen LogP contribution is -2.44. The molecule has 1 aromatic rings. The maximum Gasteiger partial charge on any atom is 0.314 e. The van der Waals surface area contributed by atoms with E-state index in [-0.39, 0.29) is 18.1 Å². The third-order valence-electron chi connectivity index (χ3n) is 4.15. The van der Waals surface area contributed by atoms with E-state index < -0.39 is 0 Å². The molecule has 4 heteroatoms. The van der Waals surface area contributed by atoms with E-state index in [0.29, 0.717) is 19.5 Å². The normalized spacial score (nSPS) is 16.9. The van der Waals surface area contributed by atoms with E-state index in [1.54, 1.807) is 0 Å². The fourth-order valence-electron chi connectivity index (χ4n) is 3.00. The van der Waals surface area contributed by atoms with Crippen molar-refractivity contribution < 1.29 is 9.90 Å². The van der Waals surface area contributed by atoms with Crippen molar-refractivity contribution in [3.05, 3.63) is 35.9 Å². The van der Waals surface area contributed by atoms with Crippen molar-refractivity contribution in [2.24, 2.45) is 0 Å². The Morgan fingerprint density at radius 3 is 2.50 bits per heavy atom. The number of aliphatic hydroxyl groups excluding tert-OH is 1. The first-order chi connectivity index (χ1) is 9.77. The Morgan fingerprint density at radius 1 is 1.15 bits per heavy atom.